The van der Waals surface area contributed by atoms with Crippen molar-refractivity contribution in [3.05, 3.63) is 34.3 Å². The second-order valence-electron chi connectivity index (χ2n) is 6.80. The van der Waals surface area contributed by atoms with E-state index in [9.17, 15) is 13.2 Å². The molecule has 0 radical (unpaired) electrons. The van der Waals surface area contributed by atoms with E-state index in [0.29, 0.717) is 32.5 Å². The van der Waals surface area contributed by atoms with Gasteiger partial charge < -0.3 is 4.90 Å². The predicted molar refractivity (Wildman–Crippen MR) is 108 cm³/mol. The summed E-state index contributed by atoms with van der Waals surface area (Å²) in [5.74, 6) is 0.158. The molecule has 1 aromatic carbocycles. The van der Waals surface area contributed by atoms with Gasteiger partial charge in [-0.25, -0.2) is 12.7 Å². The maximum absolute atomic E-state index is 13.2. The van der Waals surface area contributed by atoms with Gasteiger partial charge in [0.2, 0.25) is 15.9 Å². The van der Waals surface area contributed by atoms with Crippen LogP contribution >= 0.6 is 15.9 Å². The van der Waals surface area contributed by atoms with E-state index in [-0.39, 0.29) is 23.6 Å². The van der Waals surface area contributed by atoms with Gasteiger partial charge in [0, 0.05) is 30.0 Å². The van der Waals surface area contributed by atoms with E-state index < -0.39 is 10.0 Å². The monoisotopic (exact) mass is 444 g/mol. The predicted octanol–water partition coefficient (Wildman–Crippen LogP) is 3.81. The fourth-order valence-electron chi connectivity index (χ4n) is 3.52. The molecule has 0 N–H and O–H groups in total. The van der Waals surface area contributed by atoms with Crippen LogP contribution in [0.5, 0.6) is 0 Å². The minimum atomic E-state index is -3.16. The smallest absolute Gasteiger partial charge is 0.226 e. The second-order valence-corrected chi connectivity index (χ2v) is 9.91. The van der Waals surface area contributed by atoms with Crippen molar-refractivity contribution in [2.45, 2.75) is 46.1 Å². The normalized spacial score (nSPS) is 17.8. The van der Waals surface area contributed by atoms with E-state index in [1.54, 1.807) is 6.92 Å². The molecule has 1 amide bonds. The van der Waals surface area contributed by atoms with Crippen molar-refractivity contribution in [2.75, 3.05) is 25.4 Å². The zero-order chi connectivity index (χ0) is 19.3. The maximum Gasteiger partial charge on any atom is 0.226 e. The Labute approximate surface area is 165 Å². The van der Waals surface area contributed by atoms with Gasteiger partial charge in [-0.05, 0) is 44.7 Å². The van der Waals surface area contributed by atoms with Gasteiger partial charge >= 0.3 is 0 Å². The van der Waals surface area contributed by atoms with Crippen LogP contribution in [0.1, 0.15) is 51.6 Å². The fraction of sp³-hybridized carbons (Fsp3) is 0.632. The quantitative estimate of drug-likeness (QED) is 0.642. The molecule has 1 heterocycles. The molecule has 0 bridgehead atoms. The van der Waals surface area contributed by atoms with Crippen LogP contribution in [-0.4, -0.2) is 48.9 Å². The van der Waals surface area contributed by atoms with Crippen LogP contribution in [-0.2, 0) is 14.8 Å². The standard InChI is InChI=1S/C19H29BrN2O3S/c1-4-12-22(15(3)17-8-6-7-9-18(17)20)19(23)16-10-13-21(14-11-16)26(24,25)5-2/h6-9,15-16H,4-5,10-14H2,1-3H3. The Balaban J connectivity index is 2.11. The fourth-order valence-corrected chi connectivity index (χ4v) is 5.26. The van der Waals surface area contributed by atoms with E-state index in [1.165, 1.54) is 4.31 Å². The summed E-state index contributed by atoms with van der Waals surface area (Å²) in [4.78, 5) is 15.1. The zero-order valence-corrected chi connectivity index (χ0v) is 18.2. The molecular formula is C19H29BrN2O3S. The molecule has 146 valence electrons. The highest BCUT2D eigenvalue weighted by atomic mass is 79.9. The summed E-state index contributed by atoms with van der Waals surface area (Å²) in [6, 6.07) is 7.97. The van der Waals surface area contributed by atoms with Gasteiger partial charge in [0.1, 0.15) is 0 Å². The van der Waals surface area contributed by atoms with Gasteiger partial charge in [0.15, 0.2) is 0 Å². The van der Waals surface area contributed by atoms with Gasteiger partial charge in [0.25, 0.3) is 0 Å². The van der Waals surface area contributed by atoms with Crippen LogP contribution in [0.3, 0.4) is 0 Å². The van der Waals surface area contributed by atoms with Crippen molar-refractivity contribution in [3.8, 4) is 0 Å². The first-order chi connectivity index (χ1) is 12.3. The summed E-state index contributed by atoms with van der Waals surface area (Å²) in [7, 11) is -3.16. The molecule has 2 rings (SSSR count). The number of nitrogens with zero attached hydrogens (tertiary/aromatic N) is 2. The van der Waals surface area contributed by atoms with Crippen molar-refractivity contribution in [1.82, 2.24) is 9.21 Å². The Morgan fingerprint density at radius 3 is 2.42 bits per heavy atom. The number of hydrogen-bond acceptors (Lipinski definition) is 3. The maximum atomic E-state index is 13.2. The Hall–Kier alpha value is -0.920. The third-order valence-electron chi connectivity index (χ3n) is 5.13. The van der Waals surface area contributed by atoms with Gasteiger partial charge in [-0.3, -0.25) is 4.79 Å². The average molecular weight is 445 g/mol. The van der Waals surface area contributed by atoms with Crippen LogP contribution < -0.4 is 0 Å². The number of carbonyl (C=O) groups is 1. The van der Waals surface area contributed by atoms with E-state index in [1.807, 2.05) is 29.2 Å². The number of amides is 1. The number of carbonyl (C=O) groups excluding carboxylic acids is 1. The van der Waals surface area contributed by atoms with Gasteiger partial charge in [-0.15, -0.1) is 0 Å². The largest absolute Gasteiger partial charge is 0.336 e. The molecule has 1 unspecified atom stereocenters. The highest BCUT2D eigenvalue weighted by Crippen LogP contribution is 2.31. The van der Waals surface area contributed by atoms with Gasteiger partial charge in [0.05, 0.1) is 11.8 Å². The van der Waals surface area contributed by atoms with Crippen molar-refractivity contribution in [1.29, 1.82) is 0 Å². The summed E-state index contributed by atoms with van der Waals surface area (Å²) < 4.78 is 26.6. The number of hydrogen-bond donors (Lipinski definition) is 0. The minimum Gasteiger partial charge on any atom is -0.336 e. The number of piperidine rings is 1. The Kier molecular flexibility index (Phi) is 7.67. The second kappa shape index (κ2) is 9.33. The first kappa shape index (κ1) is 21.4. The van der Waals surface area contributed by atoms with Crippen molar-refractivity contribution in [2.24, 2.45) is 5.92 Å². The van der Waals surface area contributed by atoms with Crippen molar-refractivity contribution in [3.63, 3.8) is 0 Å². The Morgan fingerprint density at radius 2 is 1.88 bits per heavy atom. The lowest BCUT2D eigenvalue weighted by molar-refractivity contribution is -0.139. The molecule has 5 nitrogen and oxygen atoms in total. The number of halogens is 1. The van der Waals surface area contributed by atoms with Gasteiger partial charge in [-0.1, -0.05) is 41.1 Å². The summed E-state index contributed by atoms with van der Waals surface area (Å²) in [6.45, 7) is 7.38. The van der Waals surface area contributed by atoms with Crippen LogP contribution in [0.25, 0.3) is 0 Å². The van der Waals surface area contributed by atoms with E-state index in [4.69, 9.17) is 0 Å². The number of rotatable bonds is 7. The van der Waals surface area contributed by atoms with Crippen LogP contribution in [0.2, 0.25) is 0 Å². The molecular weight excluding hydrogens is 416 g/mol. The average Bonchev–Trinajstić information content (AvgIpc) is 2.65. The zero-order valence-electron chi connectivity index (χ0n) is 15.8. The Morgan fingerprint density at radius 1 is 1.27 bits per heavy atom. The molecule has 0 saturated carbocycles. The molecule has 7 heteroatoms. The summed E-state index contributed by atoms with van der Waals surface area (Å²) in [6.07, 6.45) is 2.09. The topological polar surface area (TPSA) is 57.7 Å². The third kappa shape index (κ3) is 4.87. The summed E-state index contributed by atoms with van der Waals surface area (Å²) in [5.41, 5.74) is 1.10. The first-order valence-electron chi connectivity index (χ1n) is 9.34. The lowest BCUT2D eigenvalue weighted by Crippen LogP contribution is -2.45. The molecule has 1 aromatic rings. The number of sulfonamides is 1. The van der Waals surface area contributed by atoms with E-state index in [0.717, 1.165) is 16.5 Å². The molecule has 1 aliphatic heterocycles. The molecule has 1 atom stereocenters. The molecule has 0 aromatic heterocycles. The minimum absolute atomic E-state index is 0.0181. The lowest BCUT2D eigenvalue weighted by atomic mass is 9.95. The molecule has 0 aliphatic carbocycles. The molecule has 1 saturated heterocycles. The first-order valence-corrected chi connectivity index (χ1v) is 11.7. The van der Waals surface area contributed by atoms with E-state index >= 15 is 0 Å². The SMILES string of the molecule is CCCN(C(=O)C1CCN(S(=O)(=O)CC)CC1)C(C)c1ccccc1Br. The van der Waals surface area contributed by atoms with Crippen LogP contribution in [0.15, 0.2) is 28.7 Å². The molecule has 1 aliphatic rings. The van der Waals surface area contributed by atoms with Gasteiger partial charge in [-0.2, -0.15) is 0 Å². The molecule has 0 spiro atoms. The Bertz CT molecular complexity index is 715. The van der Waals surface area contributed by atoms with Crippen molar-refractivity contribution >= 4 is 31.9 Å². The van der Waals surface area contributed by atoms with Crippen LogP contribution in [0.4, 0.5) is 0 Å². The van der Waals surface area contributed by atoms with Crippen molar-refractivity contribution < 1.29 is 13.2 Å². The highest BCUT2D eigenvalue weighted by Gasteiger charge is 2.34. The molecule has 26 heavy (non-hydrogen) atoms. The lowest BCUT2D eigenvalue weighted by Gasteiger charge is -2.36. The number of benzene rings is 1. The summed E-state index contributed by atoms with van der Waals surface area (Å²) >= 11 is 3.59. The molecule has 1 fully saturated rings. The highest BCUT2D eigenvalue weighted by molar-refractivity contribution is 9.10. The van der Waals surface area contributed by atoms with Crippen LogP contribution in [0, 0.1) is 5.92 Å². The summed E-state index contributed by atoms with van der Waals surface area (Å²) in [5, 5.41) is 0. The third-order valence-corrected chi connectivity index (χ3v) is 7.74. The van der Waals surface area contributed by atoms with E-state index in [2.05, 4.69) is 29.8 Å².